The van der Waals surface area contributed by atoms with E-state index < -0.39 is 0 Å². The maximum atomic E-state index is 12.7. The zero-order valence-electron chi connectivity index (χ0n) is 16.8. The van der Waals surface area contributed by atoms with Gasteiger partial charge in [0.2, 0.25) is 11.8 Å². The highest BCUT2D eigenvalue weighted by atomic mass is 16.4. The molecule has 1 aliphatic carbocycles. The van der Waals surface area contributed by atoms with Crippen LogP contribution in [-0.4, -0.2) is 5.91 Å². The minimum atomic E-state index is -0.0568. The molecule has 146 valence electrons. The first kappa shape index (κ1) is 19.0. The van der Waals surface area contributed by atoms with Crippen LogP contribution in [-0.2, 0) is 4.79 Å². The van der Waals surface area contributed by atoms with Crippen molar-refractivity contribution in [2.75, 3.05) is 5.32 Å². The summed E-state index contributed by atoms with van der Waals surface area (Å²) in [5.41, 5.74) is 5.15. The molecular weight excluding hydrogens is 360 g/mol. The van der Waals surface area contributed by atoms with E-state index in [-0.39, 0.29) is 17.7 Å². The van der Waals surface area contributed by atoms with Crippen LogP contribution in [0, 0.1) is 31.1 Å². The van der Waals surface area contributed by atoms with Crippen LogP contribution in [0.2, 0.25) is 0 Å². The number of furan rings is 1. The summed E-state index contributed by atoms with van der Waals surface area (Å²) in [7, 11) is 0. The molecule has 0 bridgehead atoms. The lowest BCUT2D eigenvalue weighted by molar-refractivity contribution is -0.119. The second-order valence-corrected chi connectivity index (χ2v) is 7.82. The van der Waals surface area contributed by atoms with Gasteiger partial charge in [-0.05, 0) is 32.3 Å². The number of benzene rings is 2. The first-order chi connectivity index (χ1) is 14.1. The lowest BCUT2D eigenvalue weighted by atomic mass is 9.97. The highest BCUT2D eigenvalue weighted by Gasteiger charge is 2.28. The fraction of sp³-hybridized carbons (Fsp3) is 0.280. The van der Waals surface area contributed by atoms with Crippen LogP contribution in [0.5, 0.6) is 0 Å². The molecular formula is C25H24N2O2. The Kier molecular flexibility index (Phi) is 5.22. The largest absolute Gasteiger partial charge is 0.438 e. The van der Waals surface area contributed by atoms with E-state index in [0.29, 0.717) is 11.3 Å². The van der Waals surface area contributed by atoms with Gasteiger partial charge in [0.15, 0.2) is 0 Å². The zero-order chi connectivity index (χ0) is 20.4. The van der Waals surface area contributed by atoms with Crippen LogP contribution in [0.4, 0.5) is 5.88 Å². The molecule has 1 aliphatic rings. The lowest BCUT2D eigenvalue weighted by Gasteiger charge is -2.08. The number of hydrogen-bond acceptors (Lipinski definition) is 3. The average molecular weight is 384 g/mol. The molecule has 1 fully saturated rings. The van der Waals surface area contributed by atoms with Gasteiger partial charge in [0.1, 0.15) is 17.4 Å². The van der Waals surface area contributed by atoms with Crippen LogP contribution in [0.25, 0.3) is 22.5 Å². The Hall–Kier alpha value is -3.32. The normalized spacial score (nSPS) is 14.0. The lowest BCUT2D eigenvalue weighted by Crippen LogP contribution is -2.20. The second kappa shape index (κ2) is 7.97. The number of hydrogen-bond donors (Lipinski definition) is 1. The highest BCUT2D eigenvalue weighted by Crippen LogP contribution is 2.42. The van der Waals surface area contributed by atoms with Crippen LogP contribution in [0.3, 0.4) is 0 Å². The summed E-state index contributed by atoms with van der Waals surface area (Å²) in [5, 5.41) is 12.8. The fourth-order valence-corrected chi connectivity index (χ4v) is 3.93. The van der Waals surface area contributed by atoms with Crippen molar-refractivity contribution in [3.05, 3.63) is 65.2 Å². The van der Waals surface area contributed by atoms with E-state index in [2.05, 4.69) is 11.4 Å². The monoisotopic (exact) mass is 384 g/mol. The molecule has 3 aromatic rings. The SMILES string of the molecule is Cc1ccc(-c2oc(NC(=O)C3CCCC3)c(C#N)c2-c2ccc(C)cc2)cc1. The number of carbonyl (C=O) groups is 1. The summed E-state index contributed by atoms with van der Waals surface area (Å²) in [6, 6.07) is 18.3. The Bertz CT molecular complexity index is 1060. The van der Waals surface area contributed by atoms with Gasteiger partial charge in [-0.2, -0.15) is 5.26 Å². The summed E-state index contributed by atoms with van der Waals surface area (Å²) in [5.74, 6) is 0.790. The van der Waals surface area contributed by atoms with Crippen molar-refractivity contribution in [2.45, 2.75) is 39.5 Å². The summed E-state index contributed by atoms with van der Waals surface area (Å²) in [4.78, 5) is 12.7. The molecule has 0 aliphatic heterocycles. The van der Waals surface area contributed by atoms with Crippen molar-refractivity contribution in [1.82, 2.24) is 0 Å². The van der Waals surface area contributed by atoms with Gasteiger partial charge in [0.05, 0.1) is 0 Å². The molecule has 4 heteroatoms. The molecule has 0 spiro atoms. The van der Waals surface area contributed by atoms with E-state index in [1.807, 2.05) is 62.4 Å². The van der Waals surface area contributed by atoms with Gasteiger partial charge in [-0.25, -0.2) is 0 Å². The van der Waals surface area contributed by atoms with E-state index in [1.54, 1.807) is 0 Å². The first-order valence-corrected chi connectivity index (χ1v) is 10.1. The second-order valence-electron chi connectivity index (χ2n) is 7.82. The molecule has 2 aromatic carbocycles. The van der Waals surface area contributed by atoms with Crippen molar-refractivity contribution >= 4 is 11.8 Å². The molecule has 0 unspecified atom stereocenters. The van der Waals surface area contributed by atoms with E-state index in [0.717, 1.165) is 53.5 Å². The molecule has 4 rings (SSSR count). The highest BCUT2D eigenvalue weighted by molar-refractivity contribution is 5.96. The van der Waals surface area contributed by atoms with E-state index in [9.17, 15) is 10.1 Å². The predicted molar refractivity (Wildman–Crippen MR) is 114 cm³/mol. The maximum Gasteiger partial charge on any atom is 0.229 e. The van der Waals surface area contributed by atoms with Crippen molar-refractivity contribution in [3.63, 3.8) is 0 Å². The first-order valence-electron chi connectivity index (χ1n) is 10.1. The summed E-state index contributed by atoms with van der Waals surface area (Å²) in [6.07, 6.45) is 3.93. The number of rotatable bonds is 4. The number of nitrogens with one attached hydrogen (secondary N) is 1. The fourth-order valence-electron chi connectivity index (χ4n) is 3.93. The standard InChI is InChI=1S/C25H24N2O2/c1-16-7-11-18(12-8-16)22-21(15-26)25(27-24(28)20-5-3-4-6-20)29-23(22)19-13-9-17(2)10-14-19/h7-14,20H,3-6H2,1-2H3,(H,27,28). The van der Waals surface area contributed by atoms with Crippen LogP contribution >= 0.6 is 0 Å². The van der Waals surface area contributed by atoms with Gasteiger partial charge in [-0.15, -0.1) is 0 Å². The van der Waals surface area contributed by atoms with Gasteiger partial charge in [0.25, 0.3) is 0 Å². The van der Waals surface area contributed by atoms with Crippen molar-refractivity contribution in [2.24, 2.45) is 5.92 Å². The molecule has 4 nitrogen and oxygen atoms in total. The molecule has 0 atom stereocenters. The van der Waals surface area contributed by atoms with Crippen molar-refractivity contribution < 1.29 is 9.21 Å². The molecule has 1 saturated carbocycles. The Morgan fingerprint density at radius 3 is 2.07 bits per heavy atom. The Balaban J connectivity index is 1.83. The van der Waals surface area contributed by atoms with Gasteiger partial charge < -0.3 is 4.42 Å². The Morgan fingerprint density at radius 2 is 1.52 bits per heavy atom. The van der Waals surface area contributed by atoms with Gasteiger partial charge in [-0.3, -0.25) is 10.1 Å². The minimum Gasteiger partial charge on any atom is -0.438 e. The summed E-state index contributed by atoms with van der Waals surface area (Å²) >= 11 is 0. The molecule has 1 aromatic heterocycles. The predicted octanol–water partition coefficient (Wildman–Crippen LogP) is 6.23. The van der Waals surface area contributed by atoms with Gasteiger partial charge >= 0.3 is 0 Å². The third kappa shape index (κ3) is 3.82. The quantitative estimate of drug-likeness (QED) is 0.580. The third-order valence-corrected chi connectivity index (χ3v) is 5.64. The number of anilines is 1. The number of aryl methyl sites for hydroxylation is 2. The average Bonchev–Trinajstić information content (AvgIpc) is 3.37. The van der Waals surface area contributed by atoms with Crippen LogP contribution in [0.15, 0.2) is 52.9 Å². The molecule has 1 amide bonds. The molecule has 1 N–H and O–H groups in total. The number of nitriles is 1. The Labute approximate surface area is 171 Å². The summed E-state index contributed by atoms with van der Waals surface area (Å²) < 4.78 is 6.12. The zero-order valence-corrected chi connectivity index (χ0v) is 16.8. The Morgan fingerprint density at radius 1 is 0.966 bits per heavy atom. The maximum absolute atomic E-state index is 12.7. The van der Waals surface area contributed by atoms with Gasteiger partial charge in [0, 0.05) is 17.0 Å². The molecule has 1 heterocycles. The van der Waals surface area contributed by atoms with Crippen LogP contribution in [0.1, 0.15) is 42.4 Å². The van der Waals surface area contributed by atoms with E-state index in [4.69, 9.17) is 4.42 Å². The van der Waals surface area contributed by atoms with E-state index in [1.165, 1.54) is 0 Å². The summed E-state index contributed by atoms with van der Waals surface area (Å²) in [6.45, 7) is 4.05. The molecule has 0 radical (unpaired) electrons. The van der Waals surface area contributed by atoms with Crippen LogP contribution < -0.4 is 5.32 Å². The number of nitrogens with zero attached hydrogens (tertiary/aromatic N) is 1. The minimum absolute atomic E-state index is 0.00251. The van der Waals surface area contributed by atoms with Crippen molar-refractivity contribution in [1.29, 1.82) is 5.26 Å². The topological polar surface area (TPSA) is 66.0 Å². The van der Waals surface area contributed by atoms with Gasteiger partial charge in [-0.1, -0.05) is 72.5 Å². The molecule has 0 saturated heterocycles. The van der Waals surface area contributed by atoms with E-state index >= 15 is 0 Å². The van der Waals surface area contributed by atoms with Crippen molar-refractivity contribution in [3.8, 4) is 28.5 Å². The molecule has 29 heavy (non-hydrogen) atoms. The number of carbonyl (C=O) groups excluding carboxylic acids is 1. The number of amides is 1. The smallest absolute Gasteiger partial charge is 0.229 e. The third-order valence-electron chi connectivity index (χ3n) is 5.64.